The van der Waals surface area contributed by atoms with Crippen LogP contribution < -0.4 is 19.9 Å². The maximum Gasteiger partial charge on any atom is 0.203 e. The van der Waals surface area contributed by atoms with Gasteiger partial charge >= 0.3 is 0 Å². The van der Waals surface area contributed by atoms with Crippen LogP contribution in [0, 0.1) is 0 Å². The normalized spacial score (nSPS) is 12.0. The summed E-state index contributed by atoms with van der Waals surface area (Å²) in [6, 6.07) is 5.18. The number of rotatable bonds is 5. The first-order chi connectivity index (χ1) is 9.21. The first-order valence-electron chi connectivity index (χ1n) is 5.78. The van der Waals surface area contributed by atoms with Crippen molar-refractivity contribution < 1.29 is 18.6 Å². The maximum absolute atomic E-state index is 6.19. The SMILES string of the molecule is COc1cc(C(N)c2ccoc2)cc(OC)c1OC. The summed E-state index contributed by atoms with van der Waals surface area (Å²) in [7, 11) is 4.71. The highest BCUT2D eigenvalue weighted by Gasteiger charge is 2.18. The second-order valence-electron chi connectivity index (χ2n) is 3.99. The van der Waals surface area contributed by atoms with Crippen LogP contribution in [-0.2, 0) is 0 Å². The predicted octanol–water partition coefficient (Wildman–Crippen LogP) is 2.35. The number of methoxy groups -OCH3 is 3. The fourth-order valence-electron chi connectivity index (χ4n) is 1.93. The molecule has 0 spiro atoms. The van der Waals surface area contributed by atoms with Gasteiger partial charge in [0.2, 0.25) is 5.75 Å². The summed E-state index contributed by atoms with van der Waals surface area (Å²) in [6.45, 7) is 0. The minimum absolute atomic E-state index is 0.313. The summed E-state index contributed by atoms with van der Waals surface area (Å²) in [4.78, 5) is 0. The molecule has 0 aliphatic carbocycles. The van der Waals surface area contributed by atoms with Crippen LogP contribution in [0.1, 0.15) is 17.2 Å². The van der Waals surface area contributed by atoms with E-state index < -0.39 is 0 Å². The van der Waals surface area contributed by atoms with E-state index in [1.165, 1.54) is 0 Å². The molecule has 102 valence electrons. The highest BCUT2D eigenvalue weighted by molar-refractivity contribution is 5.55. The molecule has 5 nitrogen and oxygen atoms in total. The second-order valence-corrected chi connectivity index (χ2v) is 3.99. The lowest BCUT2D eigenvalue weighted by atomic mass is 10.0. The van der Waals surface area contributed by atoms with Gasteiger partial charge in [-0.3, -0.25) is 0 Å². The van der Waals surface area contributed by atoms with Crippen LogP contribution in [0.2, 0.25) is 0 Å². The quantitative estimate of drug-likeness (QED) is 0.897. The van der Waals surface area contributed by atoms with Crippen molar-refractivity contribution in [3.8, 4) is 17.2 Å². The number of hydrogen-bond donors (Lipinski definition) is 1. The standard InChI is InChI=1S/C14H17NO4/c1-16-11-6-10(7-12(17-2)14(11)18-3)13(15)9-4-5-19-8-9/h4-8,13H,15H2,1-3H3. The Morgan fingerprint density at radius 2 is 1.63 bits per heavy atom. The van der Waals surface area contributed by atoms with E-state index in [0.717, 1.165) is 11.1 Å². The van der Waals surface area contributed by atoms with Gasteiger partial charge in [0.25, 0.3) is 0 Å². The molecule has 1 atom stereocenters. The van der Waals surface area contributed by atoms with Crippen molar-refractivity contribution in [2.45, 2.75) is 6.04 Å². The average Bonchev–Trinajstić information content (AvgIpc) is 2.98. The number of furan rings is 1. The molecule has 1 heterocycles. The van der Waals surface area contributed by atoms with E-state index >= 15 is 0 Å². The van der Waals surface area contributed by atoms with Crippen molar-refractivity contribution in [1.82, 2.24) is 0 Å². The summed E-state index contributed by atoms with van der Waals surface area (Å²) < 4.78 is 20.9. The third kappa shape index (κ3) is 2.51. The van der Waals surface area contributed by atoms with E-state index in [1.54, 1.807) is 33.9 Å². The molecule has 2 aromatic rings. The Bertz CT molecular complexity index is 511. The topological polar surface area (TPSA) is 66.9 Å². The lowest BCUT2D eigenvalue weighted by Crippen LogP contribution is -2.11. The van der Waals surface area contributed by atoms with Crippen LogP contribution >= 0.6 is 0 Å². The van der Waals surface area contributed by atoms with Gasteiger partial charge in [0.15, 0.2) is 11.5 Å². The Kier molecular flexibility index (Phi) is 3.97. The molecule has 2 N–H and O–H groups in total. The minimum atomic E-state index is -0.313. The molecule has 0 fully saturated rings. The van der Waals surface area contributed by atoms with Crippen LogP contribution in [0.4, 0.5) is 0 Å². The zero-order chi connectivity index (χ0) is 13.8. The highest BCUT2D eigenvalue weighted by atomic mass is 16.5. The molecular weight excluding hydrogens is 246 g/mol. The van der Waals surface area contributed by atoms with E-state index in [-0.39, 0.29) is 6.04 Å². The van der Waals surface area contributed by atoms with Crippen LogP contribution in [-0.4, -0.2) is 21.3 Å². The van der Waals surface area contributed by atoms with E-state index in [1.807, 2.05) is 18.2 Å². The summed E-state index contributed by atoms with van der Waals surface area (Å²) in [5.74, 6) is 1.71. The average molecular weight is 263 g/mol. The molecule has 0 amide bonds. The van der Waals surface area contributed by atoms with Crippen LogP contribution in [0.3, 0.4) is 0 Å². The fraction of sp³-hybridized carbons (Fsp3) is 0.286. The number of benzene rings is 1. The maximum atomic E-state index is 6.19. The molecule has 19 heavy (non-hydrogen) atoms. The molecule has 0 radical (unpaired) electrons. The van der Waals surface area contributed by atoms with Crippen molar-refractivity contribution in [3.05, 3.63) is 41.9 Å². The van der Waals surface area contributed by atoms with Gasteiger partial charge in [-0.05, 0) is 23.8 Å². The van der Waals surface area contributed by atoms with E-state index in [0.29, 0.717) is 17.2 Å². The second kappa shape index (κ2) is 5.67. The van der Waals surface area contributed by atoms with Gasteiger partial charge < -0.3 is 24.4 Å². The fourth-order valence-corrected chi connectivity index (χ4v) is 1.93. The van der Waals surface area contributed by atoms with E-state index in [9.17, 15) is 0 Å². The Hall–Kier alpha value is -2.14. The molecule has 1 unspecified atom stereocenters. The van der Waals surface area contributed by atoms with Crippen molar-refractivity contribution in [2.75, 3.05) is 21.3 Å². The van der Waals surface area contributed by atoms with Gasteiger partial charge in [0, 0.05) is 5.56 Å². The molecule has 0 bridgehead atoms. The molecule has 0 saturated heterocycles. The zero-order valence-electron chi connectivity index (χ0n) is 11.2. The lowest BCUT2D eigenvalue weighted by molar-refractivity contribution is 0.323. The molecule has 0 saturated carbocycles. The van der Waals surface area contributed by atoms with Crippen LogP contribution in [0.5, 0.6) is 17.2 Å². The summed E-state index contributed by atoms with van der Waals surface area (Å²) >= 11 is 0. The number of hydrogen-bond acceptors (Lipinski definition) is 5. The number of nitrogens with two attached hydrogens (primary N) is 1. The van der Waals surface area contributed by atoms with Gasteiger partial charge in [-0.25, -0.2) is 0 Å². The molecular formula is C14H17NO4. The summed E-state index contributed by atoms with van der Waals surface area (Å²) in [5, 5.41) is 0. The molecule has 0 aliphatic heterocycles. The van der Waals surface area contributed by atoms with Crippen molar-refractivity contribution >= 4 is 0 Å². The summed E-state index contributed by atoms with van der Waals surface area (Å²) in [6.07, 6.45) is 3.21. The van der Waals surface area contributed by atoms with Crippen LogP contribution in [0.15, 0.2) is 35.1 Å². The number of ether oxygens (including phenoxy) is 3. The third-order valence-corrected chi connectivity index (χ3v) is 2.95. The molecule has 5 heteroatoms. The Morgan fingerprint density at radius 1 is 1.00 bits per heavy atom. The highest BCUT2D eigenvalue weighted by Crippen LogP contribution is 2.40. The molecule has 1 aromatic heterocycles. The van der Waals surface area contributed by atoms with Crippen LogP contribution in [0.25, 0.3) is 0 Å². The summed E-state index contributed by atoms with van der Waals surface area (Å²) in [5.41, 5.74) is 7.93. The van der Waals surface area contributed by atoms with E-state index in [4.69, 9.17) is 24.4 Å². The first-order valence-corrected chi connectivity index (χ1v) is 5.78. The smallest absolute Gasteiger partial charge is 0.203 e. The van der Waals surface area contributed by atoms with Gasteiger partial charge in [-0.15, -0.1) is 0 Å². The zero-order valence-corrected chi connectivity index (χ0v) is 11.2. The Labute approximate surface area is 111 Å². The predicted molar refractivity (Wildman–Crippen MR) is 70.8 cm³/mol. The largest absolute Gasteiger partial charge is 0.493 e. The van der Waals surface area contributed by atoms with Crippen molar-refractivity contribution in [1.29, 1.82) is 0 Å². The Balaban J connectivity index is 2.47. The third-order valence-electron chi connectivity index (χ3n) is 2.95. The minimum Gasteiger partial charge on any atom is -0.493 e. The first kappa shape index (κ1) is 13.3. The van der Waals surface area contributed by atoms with Gasteiger partial charge in [0.1, 0.15) is 0 Å². The van der Waals surface area contributed by atoms with Crippen molar-refractivity contribution in [2.24, 2.45) is 5.73 Å². The van der Waals surface area contributed by atoms with Gasteiger partial charge in [-0.1, -0.05) is 0 Å². The molecule has 0 aliphatic rings. The molecule has 1 aromatic carbocycles. The lowest BCUT2D eigenvalue weighted by Gasteiger charge is -2.17. The van der Waals surface area contributed by atoms with Crippen molar-refractivity contribution in [3.63, 3.8) is 0 Å². The van der Waals surface area contributed by atoms with E-state index in [2.05, 4.69) is 0 Å². The van der Waals surface area contributed by atoms with Gasteiger partial charge in [-0.2, -0.15) is 0 Å². The monoisotopic (exact) mass is 263 g/mol. The molecule has 2 rings (SSSR count). The van der Waals surface area contributed by atoms with Gasteiger partial charge in [0.05, 0.1) is 39.9 Å². The Morgan fingerprint density at radius 3 is 2.05 bits per heavy atom.